The van der Waals surface area contributed by atoms with E-state index < -0.39 is 17.4 Å². The molecule has 0 spiro atoms. The molecule has 0 heterocycles. The number of carbonyl (C=O) groups is 2. The summed E-state index contributed by atoms with van der Waals surface area (Å²) in [4.78, 5) is 23.2. The van der Waals surface area contributed by atoms with Crippen LogP contribution >= 0.6 is 0 Å². The van der Waals surface area contributed by atoms with Gasteiger partial charge >= 0.3 is 11.9 Å². The lowest BCUT2D eigenvalue weighted by Crippen LogP contribution is -2.37. The Balaban J connectivity index is 4.13. The summed E-state index contributed by atoms with van der Waals surface area (Å²) in [5.74, 6) is -1.26. The molecule has 6 nitrogen and oxygen atoms in total. The van der Waals surface area contributed by atoms with Crippen molar-refractivity contribution in [3.8, 4) is 0 Å². The Morgan fingerprint density at radius 3 is 1.47 bits per heavy atom. The molecule has 0 saturated carbocycles. The van der Waals surface area contributed by atoms with Crippen molar-refractivity contribution in [2.45, 2.75) is 13.8 Å². The first-order valence-electron chi connectivity index (χ1n) is 5.29. The molecule has 0 rings (SSSR count). The Hall–Kier alpha value is -1.14. The van der Waals surface area contributed by atoms with Crippen molar-refractivity contribution in [2.24, 2.45) is 5.41 Å². The molecule has 0 aliphatic carbocycles. The normalized spacial score (nSPS) is 11.1. The Morgan fingerprint density at radius 1 is 0.824 bits per heavy atom. The predicted octanol–water partition coefficient (Wildman–Crippen LogP) is 0.392. The molecule has 0 aliphatic rings. The van der Waals surface area contributed by atoms with E-state index in [2.05, 4.69) is 0 Å². The van der Waals surface area contributed by atoms with Crippen LogP contribution in [0.2, 0.25) is 0 Å². The summed E-state index contributed by atoms with van der Waals surface area (Å²) in [6.07, 6.45) is 0. The SMILES string of the molecule is COCCOC(=O)C(C)(C)C(=O)OCCOC. The van der Waals surface area contributed by atoms with Crippen LogP contribution in [-0.2, 0) is 28.5 Å². The second-order valence-corrected chi connectivity index (χ2v) is 3.88. The zero-order chi connectivity index (χ0) is 13.3. The largest absolute Gasteiger partial charge is 0.462 e. The minimum absolute atomic E-state index is 0.115. The molecule has 0 amide bonds. The quantitative estimate of drug-likeness (QED) is 0.351. The lowest BCUT2D eigenvalue weighted by molar-refractivity contribution is -0.171. The molecule has 0 bridgehead atoms. The van der Waals surface area contributed by atoms with Crippen LogP contribution in [0.4, 0.5) is 0 Å². The summed E-state index contributed by atoms with van der Waals surface area (Å²) in [6.45, 7) is 3.73. The molecule has 17 heavy (non-hydrogen) atoms. The third-order valence-electron chi connectivity index (χ3n) is 2.06. The molecule has 0 aromatic rings. The summed E-state index contributed by atoms with van der Waals surface area (Å²) in [5, 5.41) is 0. The highest BCUT2D eigenvalue weighted by molar-refractivity contribution is 5.99. The van der Waals surface area contributed by atoms with E-state index in [1.54, 1.807) is 0 Å². The number of methoxy groups -OCH3 is 2. The first-order chi connectivity index (χ1) is 7.96. The van der Waals surface area contributed by atoms with Gasteiger partial charge < -0.3 is 18.9 Å². The van der Waals surface area contributed by atoms with Crippen molar-refractivity contribution >= 4 is 11.9 Å². The first kappa shape index (κ1) is 15.9. The second kappa shape index (κ2) is 8.03. The summed E-state index contributed by atoms with van der Waals surface area (Å²) < 4.78 is 19.2. The topological polar surface area (TPSA) is 71.1 Å². The van der Waals surface area contributed by atoms with Crippen LogP contribution in [0.15, 0.2) is 0 Å². The maximum atomic E-state index is 11.6. The highest BCUT2D eigenvalue weighted by Gasteiger charge is 2.39. The van der Waals surface area contributed by atoms with Gasteiger partial charge in [0.15, 0.2) is 5.41 Å². The van der Waals surface area contributed by atoms with Gasteiger partial charge in [0.2, 0.25) is 0 Å². The van der Waals surface area contributed by atoms with Crippen molar-refractivity contribution < 1.29 is 28.5 Å². The van der Waals surface area contributed by atoms with Gasteiger partial charge in [0.05, 0.1) is 13.2 Å². The van der Waals surface area contributed by atoms with Crippen molar-refractivity contribution in [1.29, 1.82) is 0 Å². The zero-order valence-corrected chi connectivity index (χ0v) is 10.8. The Labute approximate surface area is 101 Å². The van der Waals surface area contributed by atoms with Gasteiger partial charge in [0.25, 0.3) is 0 Å². The molecular weight excluding hydrogens is 228 g/mol. The van der Waals surface area contributed by atoms with Crippen molar-refractivity contribution in [3.05, 3.63) is 0 Å². The number of ether oxygens (including phenoxy) is 4. The number of hydrogen-bond acceptors (Lipinski definition) is 6. The molecule has 0 aromatic heterocycles. The van der Waals surface area contributed by atoms with Crippen LogP contribution in [0.25, 0.3) is 0 Å². The standard InChI is InChI=1S/C11H20O6/c1-11(2,9(12)16-7-5-14-3)10(13)17-8-6-15-4/h5-8H2,1-4H3. The average molecular weight is 248 g/mol. The Bertz CT molecular complexity index is 224. The van der Waals surface area contributed by atoms with Gasteiger partial charge in [-0.2, -0.15) is 0 Å². The van der Waals surface area contributed by atoms with Crippen molar-refractivity contribution in [3.63, 3.8) is 0 Å². The zero-order valence-electron chi connectivity index (χ0n) is 10.8. The van der Waals surface area contributed by atoms with E-state index in [1.165, 1.54) is 28.1 Å². The van der Waals surface area contributed by atoms with E-state index in [-0.39, 0.29) is 13.2 Å². The number of carbonyl (C=O) groups excluding carboxylic acids is 2. The minimum atomic E-state index is -1.32. The molecule has 0 fully saturated rings. The monoisotopic (exact) mass is 248 g/mol. The third-order valence-corrected chi connectivity index (χ3v) is 2.06. The van der Waals surface area contributed by atoms with E-state index in [0.29, 0.717) is 13.2 Å². The van der Waals surface area contributed by atoms with E-state index in [4.69, 9.17) is 18.9 Å². The van der Waals surface area contributed by atoms with Gasteiger partial charge in [-0.3, -0.25) is 9.59 Å². The minimum Gasteiger partial charge on any atom is -0.462 e. The fraction of sp³-hybridized carbons (Fsp3) is 0.818. The molecule has 0 N–H and O–H groups in total. The van der Waals surface area contributed by atoms with Crippen molar-refractivity contribution in [1.82, 2.24) is 0 Å². The molecule has 0 atom stereocenters. The maximum Gasteiger partial charge on any atom is 0.322 e. The Kier molecular flexibility index (Phi) is 7.49. The molecule has 0 radical (unpaired) electrons. The lowest BCUT2D eigenvalue weighted by atomic mass is 9.94. The summed E-state index contributed by atoms with van der Waals surface area (Å²) in [5.41, 5.74) is -1.32. The Morgan fingerprint density at radius 2 is 1.18 bits per heavy atom. The molecular formula is C11H20O6. The van der Waals surface area contributed by atoms with Crippen LogP contribution in [0.3, 0.4) is 0 Å². The van der Waals surface area contributed by atoms with Gasteiger partial charge in [-0.1, -0.05) is 0 Å². The van der Waals surface area contributed by atoms with Crippen LogP contribution in [0.1, 0.15) is 13.8 Å². The molecule has 0 saturated heterocycles. The van der Waals surface area contributed by atoms with Gasteiger partial charge in [-0.15, -0.1) is 0 Å². The molecule has 0 aliphatic heterocycles. The second-order valence-electron chi connectivity index (χ2n) is 3.88. The van der Waals surface area contributed by atoms with Crippen molar-refractivity contribution in [2.75, 3.05) is 40.6 Å². The fourth-order valence-electron chi connectivity index (χ4n) is 0.880. The highest BCUT2D eigenvalue weighted by Crippen LogP contribution is 2.19. The number of esters is 2. The van der Waals surface area contributed by atoms with E-state index in [1.807, 2.05) is 0 Å². The average Bonchev–Trinajstić information content (AvgIpc) is 2.29. The maximum absolute atomic E-state index is 11.6. The summed E-state index contributed by atoms with van der Waals surface area (Å²) in [7, 11) is 3.00. The number of hydrogen-bond donors (Lipinski definition) is 0. The van der Waals surface area contributed by atoms with Gasteiger partial charge in [-0.25, -0.2) is 0 Å². The van der Waals surface area contributed by atoms with Crippen LogP contribution in [0.5, 0.6) is 0 Å². The van der Waals surface area contributed by atoms with Crippen LogP contribution in [-0.4, -0.2) is 52.6 Å². The molecule has 100 valence electrons. The van der Waals surface area contributed by atoms with Gasteiger partial charge in [-0.05, 0) is 13.8 Å². The molecule has 0 unspecified atom stereocenters. The fourth-order valence-corrected chi connectivity index (χ4v) is 0.880. The highest BCUT2D eigenvalue weighted by atomic mass is 16.6. The summed E-state index contributed by atoms with van der Waals surface area (Å²) in [6, 6.07) is 0. The van der Waals surface area contributed by atoms with Crippen LogP contribution < -0.4 is 0 Å². The predicted molar refractivity (Wildman–Crippen MR) is 59.5 cm³/mol. The lowest BCUT2D eigenvalue weighted by Gasteiger charge is -2.20. The van der Waals surface area contributed by atoms with Crippen LogP contribution in [0, 0.1) is 5.41 Å². The van der Waals surface area contributed by atoms with E-state index >= 15 is 0 Å². The van der Waals surface area contributed by atoms with Gasteiger partial charge in [0, 0.05) is 14.2 Å². The van der Waals surface area contributed by atoms with Gasteiger partial charge in [0.1, 0.15) is 13.2 Å². The smallest absolute Gasteiger partial charge is 0.322 e. The van der Waals surface area contributed by atoms with E-state index in [9.17, 15) is 9.59 Å². The number of rotatable bonds is 8. The summed E-state index contributed by atoms with van der Waals surface area (Å²) >= 11 is 0. The van der Waals surface area contributed by atoms with E-state index in [0.717, 1.165) is 0 Å². The molecule has 6 heteroatoms. The first-order valence-corrected chi connectivity index (χ1v) is 5.29. The molecule has 0 aromatic carbocycles. The third kappa shape index (κ3) is 5.65.